The van der Waals surface area contributed by atoms with Crippen LogP contribution in [0.4, 0.5) is 0 Å². The van der Waals surface area contributed by atoms with Gasteiger partial charge in [-0.15, -0.1) is 0 Å². The summed E-state index contributed by atoms with van der Waals surface area (Å²) in [7, 11) is 3.33. The van der Waals surface area contributed by atoms with Gasteiger partial charge in [-0.05, 0) is 36.3 Å². The predicted molar refractivity (Wildman–Crippen MR) is 76.7 cm³/mol. The number of ether oxygens (including phenoxy) is 2. The molecule has 1 saturated heterocycles. The molecule has 0 spiro atoms. The molecule has 18 heavy (non-hydrogen) atoms. The monoisotopic (exact) mass is 267 g/mol. The Kier molecular flexibility index (Phi) is 5.20. The fourth-order valence-corrected chi connectivity index (χ4v) is 3.41. The van der Waals surface area contributed by atoms with E-state index in [4.69, 9.17) is 9.47 Å². The average molecular weight is 267 g/mol. The second kappa shape index (κ2) is 6.90. The molecule has 3 nitrogen and oxygen atoms in total. The van der Waals surface area contributed by atoms with Gasteiger partial charge in [0.15, 0.2) is 11.5 Å². The molecular formula is C14H21NO2S. The SMILES string of the molecule is COc1ccc(CNCC2CCCS2)cc1OC. The lowest BCUT2D eigenvalue weighted by Crippen LogP contribution is -2.22. The Morgan fingerprint density at radius 1 is 1.28 bits per heavy atom. The number of rotatable bonds is 6. The predicted octanol–water partition coefficient (Wildman–Crippen LogP) is 2.69. The average Bonchev–Trinajstić information content (AvgIpc) is 2.91. The first-order valence-electron chi connectivity index (χ1n) is 6.36. The topological polar surface area (TPSA) is 30.5 Å². The van der Waals surface area contributed by atoms with E-state index < -0.39 is 0 Å². The van der Waals surface area contributed by atoms with Gasteiger partial charge < -0.3 is 14.8 Å². The van der Waals surface area contributed by atoms with Gasteiger partial charge in [-0.2, -0.15) is 11.8 Å². The maximum Gasteiger partial charge on any atom is 0.161 e. The molecule has 4 heteroatoms. The number of benzene rings is 1. The van der Waals surface area contributed by atoms with Crippen molar-refractivity contribution in [1.82, 2.24) is 5.32 Å². The fourth-order valence-electron chi connectivity index (χ4n) is 2.17. The van der Waals surface area contributed by atoms with E-state index in [2.05, 4.69) is 23.1 Å². The van der Waals surface area contributed by atoms with Crippen molar-refractivity contribution in [2.24, 2.45) is 0 Å². The van der Waals surface area contributed by atoms with Gasteiger partial charge in [-0.1, -0.05) is 6.07 Å². The van der Waals surface area contributed by atoms with Crippen LogP contribution in [-0.2, 0) is 6.54 Å². The zero-order valence-electron chi connectivity index (χ0n) is 11.1. The molecular weight excluding hydrogens is 246 g/mol. The van der Waals surface area contributed by atoms with Gasteiger partial charge in [-0.25, -0.2) is 0 Å². The molecule has 1 aliphatic heterocycles. The summed E-state index contributed by atoms with van der Waals surface area (Å²) in [6, 6.07) is 6.07. The summed E-state index contributed by atoms with van der Waals surface area (Å²) in [5.41, 5.74) is 1.23. The van der Waals surface area contributed by atoms with Gasteiger partial charge >= 0.3 is 0 Å². The van der Waals surface area contributed by atoms with E-state index in [0.717, 1.165) is 29.8 Å². The number of nitrogens with one attached hydrogen (secondary N) is 1. The van der Waals surface area contributed by atoms with Gasteiger partial charge in [-0.3, -0.25) is 0 Å². The lowest BCUT2D eigenvalue weighted by molar-refractivity contribution is 0.354. The van der Waals surface area contributed by atoms with Crippen LogP contribution >= 0.6 is 11.8 Å². The highest BCUT2D eigenvalue weighted by molar-refractivity contribution is 8.00. The van der Waals surface area contributed by atoms with Gasteiger partial charge in [0.05, 0.1) is 14.2 Å². The van der Waals surface area contributed by atoms with Crippen LogP contribution in [0.15, 0.2) is 18.2 Å². The molecule has 2 rings (SSSR count). The summed E-state index contributed by atoms with van der Waals surface area (Å²) in [6.07, 6.45) is 2.72. The lowest BCUT2D eigenvalue weighted by Gasteiger charge is -2.12. The zero-order chi connectivity index (χ0) is 12.8. The highest BCUT2D eigenvalue weighted by atomic mass is 32.2. The minimum atomic E-state index is 0.785. The van der Waals surface area contributed by atoms with Gasteiger partial charge in [0.25, 0.3) is 0 Å². The minimum absolute atomic E-state index is 0.785. The van der Waals surface area contributed by atoms with E-state index in [1.165, 1.54) is 24.2 Å². The summed E-state index contributed by atoms with van der Waals surface area (Å²) in [6.45, 7) is 1.98. The van der Waals surface area contributed by atoms with Crippen LogP contribution < -0.4 is 14.8 Å². The van der Waals surface area contributed by atoms with Gasteiger partial charge in [0.2, 0.25) is 0 Å². The second-order valence-corrected chi connectivity index (χ2v) is 5.86. The molecule has 0 amide bonds. The van der Waals surface area contributed by atoms with Crippen LogP contribution in [0.25, 0.3) is 0 Å². The van der Waals surface area contributed by atoms with Crippen LogP contribution in [0.1, 0.15) is 18.4 Å². The zero-order valence-corrected chi connectivity index (χ0v) is 11.9. The number of hydrogen-bond acceptors (Lipinski definition) is 4. The summed E-state index contributed by atoms with van der Waals surface area (Å²) in [5.74, 6) is 2.91. The van der Waals surface area contributed by atoms with E-state index in [0.29, 0.717) is 0 Å². The molecule has 1 aromatic rings. The number of thioether (sulfide) groups is 1. The maximum absolute atomic E-state index is 5.30. The van der Waals surface area contributed by atoms with Crippen molar-refractivity contribution >= 4 is 11.8 Å². The Hall–Kier alpha value is -0.870. The Balaban J connectivity index is 1.84. The standard InChI is InChI=1S/C14H21NO2S/c1-16-13-6-5-11(8-14(13)17-2)9-15-10-12-4-3-7-18-12/h5-6,8,12,15H,3-4,7,9-10H2,1-2H3. The first-order valence-corrected chi connectivity index (χ1v) is 7.41. The van der Waals surface area contributed by atoms with E-state index in [1.807, 2.05) is 12.1 Å². The molecule has 0 saturated carbocycles. The molecule has 1 heterocycles. The maximum atomic E-state index is 5.30. The first-order chi connectivity index (χ1) is 8.83. The van der Waals surface area contributed by atoms with Crippen molar-refractivity contribution < 1.29 is 9.47 Å². The van der Waals surface area contributed by atoms with Crippen LogP contribution in [0.2, 0.25) is 0 Å². The van der Waals surface area contributed by atoms with E-state index >= 15 is 0 Å². The molecule has 1 fully saturated rings. The second-order valence-electron chi connectivity index (χ2n) is 4.46. The molecule has 0 radical (unpaired) electrons. The quantitative estimate of drug-likeness (QED) is 0.858. The molecule has 0 aliphatic carbocycles. The minimum Gasteiger partial charge on any atom is -0.493 e. The van der Waals surface area contributed by atoms with Crippen molar-refractivity contribution in [1.29, 1.82) is 0 Å². The molecule has 1 aromatic carbocycles. The lowest BCUT2D eigenvalue weighted by atomic mass is 10.2. The smallest absolute Gasteiger partial charge is 0.161 e. The van der Waals surface area contributed by atoms with Crippen LogP contribution in [0.5, 0.6) is 11.5 Å². The van der Waals surface area contributed by atoms with Crippen molar-refractivity contribution in [2.45, 2.75) is 24.6 Å². The van der Waals surface area contributed by atoms with Crippen molar-refractivity contribution in [3.8, 4) is 11.5 Å². The third-order valence-corrected chi connectivity index (χ3v) is 4.57. The highest BCUT2D eigenvalue weighted by Crippen LogP contribution is 2.28. The highest BCUT2D eigenvalue weighted by Gasteiger charge is 2.14. The van der Waals surface area contributed by atoms with Crippen molar-refractivity contribution in [3.05, 3.63) is 23.8 Å². The summed E-state index contributed by atoms with van der Waals surface area (Å²) < 4.78 is 10.5. The fraction of sp³-hybridized carbons (Fsp3) is 0.571. The molecule has 1 aliphatic rings. The Morgan fingerprint density at radius 2 is 2.11 bits per heavy atom. The third-order valence-electron chi connectivity index (χ3n) is 3.17. The number of methoxy groups -OCH3 is 2. The first kappa shape index (κ1) is 13.6. The molecule has 1 unspecified atom stereocenters. The summed E-state index contributed by atoms with van der Waals surface area (Å²) >= 11 is 2.08. The van der Waals surface area contributed by atoms with Gasteiger partial charge in [0.1, 0.15) is 0 Å². The normalized spacial score (nSPS) is 18.9. The number of hydrogen-bond donors (Lipinski definition) is 1. The largest absolute Gasteiger partial charge is 0.493 e. The molecule has 1 N–H and O–H groups in total. The summed E-state index contributed by atoms with van der Waals surface area (Å²) in [4.78, 5) is 0. The van der Waals surface area contributed by atoms with E-state index in [-0.39, 0.29) is 0 Å². The Labute approximate surface area is 113 Å². The van der Waals surface area contributed by atoms with Crippen LogP contribution in [0, 0.1) is 0 Å². The Bertz CT molecular complexity index is 378. The van der Waals surface area contributed by atoms with Crippen molar-refractivity contribution in [2.75, 3.05) is 26.5 Å². The van der Waals surface area contributed by atoms with Crippen LogP contribution in [-0.4, -0.2) is 31.8 Å². The van der Waals surface area contributed by atoms with E-state index in [1.54, 1.807) is 14.2 Å². The molecule has 1 atom stereocenters. The summed E-state index contributed by atoms with van der Waals surface area (Å²) in [5, 5.41) is 4.31. The van der Waals surface area contributed by atoms with E-state index in [9.17, 15) is 0 Å². The van der Waals surface area contributed by atoms with Crippen molar-refractivity contribution in [3.63, 3.8) is 0 Å². The third kappa shape index (κ3) is 3.56. The Morgan fingerprint density at radius 3 is 2.78 bits per heavy atom. The van der Waals surface area contributed by atoms with Crippen LogP contribution in [0.3, 0.4) is 0 Å². The molecule has 100 valence electrons. The van der Waals surface area contributed by atoms with Gasteiger partial charge in [0, 0.05) is 18.3 Å². The molecule has 0 aromatic heterocycles. The molecule has 0 bridgehead atoms.